The lowest BCUT2D eigenvalue weighted by Crippen LogP contribution is -2.30. The van der Waals surface area contributed by atoms with Crippen molar-refractivity contribution >= 4 is 51.6 Å². The van der Waals surface area contributed by atoms with Crippen molar-refractivity contribution in [3.05, 3.63) is 51.1 Å². The summed E-state index contributed by atoms with van der Waals surface area (Å²) in [5.74, 6) is 1.35. The quantitative estimate of drug-likeness (QED) is 0.545. The second kappa shape index (κ2) is 8.03. The molecular formula is C18H17NO3S3. The first-order chi connectivity index (χ1) is 12.1. The lowest BCUT2D eigenvalue weighted by Gasteiger charge is -2.15. The molecule has 0 radical (unpaired) electrons. The van der Waals surface area contributed by atoms with Gasteiger partial charge in [0.2, 0.25) is 0 Å². The number of nitrogens with zero attached hydrogens (tertiary/aromatic N) is 1. The second-order valence-corrected chi connectivity index (χ2v) is 7.94. The minimum absolute atomic E-state index is 0.0242. The minimum Gasteiger partial charge on any atom is -0.493 e. The van der Waals surface area contributed by atoms with Crippen molar-refractivity contribution in [1.29, 1.82) is 0 Å². The molecule has 2 heterocycles. The van der Waals surface area contributed by atoms with Gasteiger partial charge in [-0.2, -0.15) is 0 Å². The van der Waals surface area contributed by atoms with Gasteiger partial charge in [0.05, 0.1) is 19.1 Å². The number of carbonyl (C=O) groups excluding carboxylic acids is 1. The third kappa shape index (κ3) is 4.05. The summed E-state index contributed by atoms with van der Waals surface area (Å²) in [6.07, 6.45) is 2.60. The van der Waals surface area contributed by atoms with Crippen LogP contribution in [0.4, 0.5) is 0 Å². The molecule has 1 saturated heterocycles. The summed E-state index contributed by atoms with van der Waals surface area (Å²) in [5.41, 5.74) is 1.06. The molecule has 0 bridgehead atoms. The standard InChI is InChI=1S/C18H17NO3S3/c1-21-14-6-5-12(10-15(14)22-2)7-8-19-17(20)16(25-18(19)23)11-13-4-3-9-24-13/h3-6,9-11H,7-8H2,1-2H3. The number of ether oxygens (including phenoxy) is 2. The molecule has 0 aliphatic carbocycles. The van der Waals surface area contributed by atoms with Crippen LogP contribution in [0.3, 0.4) is 0 Å². The predicted octanol–water partition coefficient (Wildman–Crippen LogP) is 4.21. The highest BCUT2D eigenvalue weighted by molar-refractivity contribution is 8.26. The summed E-state index contributed by atoms with van der Waals surface area (Å²) in [7, 11) is 3.22. The SMILES string of the molecule is COc1ccc(CCN2C(=O)C(=Cc3cccs3)SC2=S)cc1OC. The fourth-order valence-corrected chi connectivity index (χ4v) is 4.50. The van der Waals surface area contributed by atoms with E-state index in [1.807, 2.05) is 41.8 Å². The van der Waals surface area contributed by atoms with Gasteiger partial charge < -0.3 is 9.47 Å². The number of thiophene rings is 1. The van der Waals surface area contributed by atoms with Gasteiger partial charge in [-0.15, -0.1) is 11.3 Å². The fourth-order valence-electron chi connectivity index (χ4n) is 2.47. The number of hydrogen-bond acceptors (Lipinski definition) is 6. The first-order valence-corrected chi connectivity index (χ1v) is 9.72. The Bertz CT molecular complexity index is 815. The van der Waals surface area contributed by atoms with Crippen molar-refractivity contribution < 1.29 is 14.3 Å². The maximum Gasteiger partial charge on any atom is 0.266 e. The summed E-state index contributed by atoms with van der Waals surface area (Å²) >= 11 is 8.34. The third-order valence-corrected chi connectivity index (χ3v) is 5.96. The molecule has 1 amide bonds. The molecular weight excluding hydrogens is 374 g/mol. The molecule has 2 aromatic rings. The Morgan fingerprint density at radius 1 is 1.20 bits per heavy atom. The Hall–Kier alpha value is -1.83. The van der Waals surface area contributed by atoms with Gasteiger partial charge in [0.25, 0.3) is 5.91 Å². The van der Waals surface area contributed by atoms with E-state index in [0.29, 0.717) is 33.7 Å². The number of thioether (sulfide) groups is 1. The first-order valence-electron chi connectivity index (χ1n) is 7.62. The number of carbonyl (C=O) groups is 1. The van der Waals surface area contributed by atoms with Gasteiger partial charge in [-0.05, 0) is 41.6 Å². The Kier molecular flexibility index (Phi) is 5.78. The molecule has 25 heavy (non-hydrogen) atoms. The van der Waals surface area contributed by atoms with E-state index >= 15 is 0 Å². The average molecular weight is 392 g/mol. The molecule has 0 unspecified atom stereocenters. The normalized spacial score (nSPS) is 15.9. The zero-order valence-corrected chi connectivity index (χ0v) is 16.3. The van der Waals surface area contributed by atoms with Crippen LogP contribution in [-0.4, -0.2) is 35.9 Å². The molecule has 7 heteroatoms. The number of hydrogen-bond donors (Lipinski definition) is 0. The summed E-state index contributed by atoms with van der Waals surface area (Å²) in [4.78, 5) is 16.0. The molecule has 1 aromatic heterocycles. The number of benzene rings is 1. The molecule has 0 N–H and O–H groups in total. The molecule has 0 spiro atoms. The number of rotatable bonds is 6. The van der Waals surface area contributed by atoms with Crippen LogP contribution in [0.25, 0.3) is 6.08 Å². The van der Waals surface area contributed by atoms with E-state index < -0.39 is 0 Å². The molecule has 4 nitrogen and oxygen atoms in total. The highest BCUT2D eigenvalue weighted by atomic mass is 32.2. The molecule has 0 saturated carbocycles. The molecule has 3 rings (SSSR count). The Morgan fingerprint density at radius 2 is 2.00 bits per heavy atom. The lowest BCUT2D eigenvalue weighted by atomic mass is 10.1. The van der Waals surface area contributed by atoms with Gasteiger partial charge in [0.1, 0.15) is 4.32 Å². The summed E-state index contributed by atoms with van der Waals surface area (Å²) in [5, 5.41) is 1.99. The van der Waals surface area contributed by atoms with Crippen molar-refractivity contribution in [2.24, 2.45) is 0 Å². The zero-order chi connectivity index (χ0) is 17.8. The summed E-state index contributed by atoms with van der Waals surface area (Å²) < 4.78 is 11.2. The third-order valence-electron chi connectivity index (χ3n) is 3.76. The number of methoxy groups -OCH3 is 2. The van der Waals surface area contributed by atoms with Crippen molar-refractivity contribution in [3.8, 4) is 11.5 Å². The zero-order valence-electron chi connectivity index (χ0n) is 13.9. The monoisotopic (exact) mass is 391 g/mol. The maximum absolute atomic E-state index is 12.6. The van der Waals surface area contributed by atoms with E-state index in [-0.39, 0.29) is 5.91 Å². The molecule has 1 aromatic carbocycles. The fraction of sp³-hybridized carbons (Fsp3) is 0.222. The summed E-state index contributed by atoms with van der Waals surface area (Å²) in [6, 6.07) is 9.72. The van der Waals surface area contributed by atoms with Gasteiger partial charge in [-0.1, -0.05) is 36.1 Å². The molecule has 0 atom stereocenters. The molecule has 1 aliphatic heterocycles. The Morgan fingerprint density at radius 3 is 2.68 bits per heavy atom. The average Bonchev–Trinajstić information content (AvgIpc) is 3.22. The van der Waals surface area contributed by atoms with Gasteiger partial charge >= 0.3 is 0 Å². The summed E-state index contributed by atoms with van der Waals surface area (Å²) in [6.45, 7) is 0.544. The van der Waals surface area contributed by atoms with Crippen LogP contribution in [0.1, 0.15) is 10.4 Å². The van der Waals surface area contributed by atoms with Crippen molar-refractivity contribution in [2.45, 2.75) is 6.42 Å². The van der Waals surface area contributed by atoms with E-state index in [1.165, 1.54) is 11.8 Å². The molecule has 1 fully saturated rings. The number of thiocarbonyl (C=S) groups is 1. The van der Waals surface area contributed by atoms with Crippen LogP contribution < -0.4 is 9.47 Å². The van der Waals surface area contributed by atoms with Gasteiger partial charge in [-0.3, -0.25) is 9.69 Å². The predicted molar refractivity (Wildman–Crippen MR) is 107 cm³/mol. The number of amides is 1. The van der Waals surface area contributed by atoms with E-state index in [4.69, 9.17) is 21.7 Å². The van der Waals surface area contributed by atoms with E-state index in [2.05, 4.69) is 0 Å². The van der Waals surface area contributed by atoms with Crippen LogP contribution in [0.2, 0.25) is 0 Å². The van der Waals surface area contributed by atoms with Crippen molar-refractivity contribution in [3.63, 3.8) is 0 Å². The van der Waals surface area contributed by atoms with Crippen LogP contribution in [0, 0.1) is 0 Å². The minimum atomic E-state index is -0.0242. The highest BCUT2D eigenvalue weighted by Gasteiger charge is 2.31. The lowest BCUT2D eigenvalue weighted by molar-refractivity contribution is -0.122. The van der Waals surface area contributed by atoms with Crippen LogP contribution in [0.5, 0.6) is 11.5 Å². The molecule has 130 valence electrons. The van der Waals surface area contributed by atoms with Gasteiger partial charge in [0.15, 0.2) is 11.5 Å². The van der Waals surface area contributed by atoms with Gasteiger partial charge in [0, 0.05) is 11.4 Å². The van der Waals surface area contributed by atoms with Crippen LogP contribution in [0.15, 0.2) is 40.6 Å². The Balaban J connectivity index is 1.69. The van der Waals surface area contributed by atoms with E-state index in [0.717, 1.165) is 10.4 Å². The largest absolute Gasteiger partial charge is 0.493 e. The van der Waals surface area contributed by atoms with Gasteiger partial charge in [-0.25, -0.2) is 0 Å². The smallest absolute Gasteiger partial charge is 0.266 e. The van der Waals surface area contributed by atoms with Crippen LogP contribution >= 0.6 is 35.3 Å². The topological polar surface area (TPSA) is 38.8 Å². The van der Waals surface area contributed by atoms with E-state index in [9.17, 15) is 4.79 Å². The van der Waals surface area contributed by atoms with Crippen molar-refractivity contribution in [2.75, 3.05) is 20.8 Å². The maximum atomic E-state index is 12.6. The Labute approximate surface area is 160 Å². The van der Waals surface area contributed by atoms with E-state index in [1.54, 1.807) is 30.5 Å². The highest BCUT2D eigenvalue weighted by Crippen LogP contribution is 2.34. The van der Waals surface area contributed by atoms with Crippen molar-refractivity contribution in [1.82, 2.24) is 4.90 Å². The second-order valence-electron chi connectivity index (χ2n) is 5.29. The molecule has 1 aliphatic rings. The first kappa shape index (κ1) is 18.0. The van der Waals surface area contributed by atoms with Crippen LogP contribution in [-0.2, 0) is 11.2 Å².